The maximum atomic E-state index is 13.2. The number of hydrogen-bond acceptors (Lipinski definition) is 3. The van der Waals surface area contributed by atoms with Crippen molar-refractivity contribution in [1.82, 2.24) is 4.98 Å². The molecule has 1 atom stereocenters. The molecule has 2 rings (SSSR count). The lowest BCUT2D eigenvalue weighted by atomic mass is 10.0. The predicted octanol–water partition coefficient (Wildman–Crippen LogP) is 4.63. The summed E-state index contributed by atoms with van der Waals surface area (Å²) in [6.07, 6.45) is -5.02. The molecule has 0 bridgehead atoms. The van der Waals surface area contributed by atoms with Gasteiger partial charge in [-0.25, -0.2) is 13.8 Å². The predicted molar refractivity (Wildman–Crippen MR) is 91.3 cm³/mol. The van der Waals surface area contributed by atoms with Gasteiger partial charge in [0.15, 0.2) is 0 Å². The second-order valence-corrected chi connectivity index (χ2v) is 6.84. The zero-order chi connectivity index (χ0) is 19.6. The van der Waals surface area contributed by atoms with E-state index in [0.717, 1.165) is 18.2 Å². The SMILES string of the molecule is NC(Cc1cc(F)cc(F)c1)c1nc(Br)c(NC(=O)C(F)(F)F)cc1Br. The van der Waals surface area contributed by atoms with E-state index in [0.29, 0.717) is 0 Å². The van der Waals surface area contributed by atoms with Crippen molar-refractivity contribution < 1.29 is 26.7 Å². The number of aromatic nitrogens is 1. The molecule has 0 fully saturated rings. The summed E-state index contributed by atoms with van der Waals surface area (Å²) in [5.74, 6) is -3.67. The maximum Gasteiger partial charge on any atom is 0.471 e. The van der Waals surface area contributed by atoms with Crippen LogP contribution in [0.3, 0.4) is 0 Å². The van der Waals surface area contributed by atoms with E-state index in [2.05, 4.69) is 36.8 Å². The molecule has 0 aliphatic rings. The van der Waals surface area contributed by atoms with Gasteiger partial charge in [-0.1, -0.05) is 0 Å². The zero-order valence-electron chi connectivity index (χ0n) is 12.7. The monoisotopic (exact) mass is 501 g/mol. The van der Waals surface area contributed by atoms with Crippen LogP contribution >= 0.6 is 31.9 Å². The number of halogens is 7. The molecule has 0 spiro atoms. The number of rotatable bonds is 4. The normalized spacial score (nSPS) is 12.8. The Balaban J connectivity index is 2.24. The highest BCUT2D eigenvalue weighted by molar-refractivity contribution is 9.11. The van der Waals surface area contributed by atoms with E-state index in [1.807, 2.05) is 0 Å². The number of anilines is 1. The van der Waals surface area contributed by atoms with Gasteiger partial charge in [-0.05, 0) is 62.0 Å². The molecule has 1 unspecified atom stereocenters. The van der Waals surface area contributed by atoms with Crippen molar-refractivity contribution in [2.75, 3.05) is 5.32 Å². The van der Waals surface area contributed by atoms with E-state index in [9.17, 15) is 26.7 Å². The third-order valence-electron chi connectivity index (χ3n) is 3.19. The van der Waals surface area contributed by atoms with Crippen LogP contribution in [0.2, 0.25) is 0 Å². The van der Waals surface area contributed by atoms with E-state index in [-0.39, 0.29) is 32.4 Å². The Morgan fingerprint density at radius 2 is 1.73 bits per heavy atom. The summed E-state index contributed by atoms with van der Waals surface area (Å²) in [6.45, 7) is 0. The molecule has 3 N–H and O–H groups in total. The van der Waals surface area contributed by atoms with Crippen LogP contribution in [-0.2, 0) is 11.2 Å². The third-order valence-corrected chi connectivity index (χ3v) is 4.43. The lowest BCUT2D eigenvalue weighted by molar-refractivity contribution is -0.167. The summed E-state index contributed by atoms with van der Waals surface area (Å²) in [7, 11) is 0. The van der Waals surface area contributed by atoms with Crippen LogP contribution in [0.15, 0.2) is 33.3 Å². The van der Waals surface area contributed by atoms with Crippen LogP contribution in [0, 0.1) is 11.6 Å². The fourth-order valence-electron chi connectivity index (χ4n) is 2.10. The van der Waals surface area contributed by atoms with Crippen LogP contribution < -0.4 is 11.1 Å². The number of nitrogens with two attached hydrogens (primary N) is 1. The number of pyridine rings is 1. The Morgan fingerprint density at radius 3 is 2.27 bits per heavy atom. The molecular formula is C15H10Br2F5N3O. The molecule has 0 saturated heterocycles. The van der Waals surface area contributed by atoms with Gasteiger partial charge in [0, 0.05) is 10.5 Å². The quantitative estimate of drug-likeness (QED) is 0.473. The topological polar surface area (TPSA) is 68.0 Å². The molecule has 0 saturated carbocycles. The van der Waals surface area contributed by atoms with Gasteiger partial charge in [0.2, 0.25) is 0 Å². The molecule has 2 aromatic rings. The summed E-state index contributed by atoms with van der Waals surface area (Å²) < 4.78 is 63.7. The largest absolute Gasteiger partial charge is 0.471 e. The summed E-state index contributed by atoms with van der Waals surface area (Å²) in [6, 6.07) is 3.34. The van der Waals surface area contributed by atoms with Crippen molar-refractivity contribution in [1.29, 1.82) is 0 Å². The van der Waals surface area contributed by atoms with Gasteiger partial charge in [0.05, 0.1) is 17.4 Å². The van der Waals surface area contributed by atoms with Gasteiger partial charge >= 0.3 is 12.1 Å². The molecule has 0 aliphatic carbocycles. The van der Waals surface area contributed by atoms with Crippen molar-refractivity contribution in [3.63, 3.8) is 0 Å². The first-order valence-electron chi connectivity index (χ1n) is 6.92. The maximum absolute atomic E-state index is 13.2. The van der Waals surface area contributed by atoms with Crippen LogP contribution in [0.1, 0.15) is 17.3 Å². The molecule has 26 heavy (non-hydrogen) atoms. The summed E-state index contributed by atoms with van der Waals surface area (Å²) in [5, 5.41) is 1.68. The Kier molecular flexibility index (Phi) is 6.35. The molecular weight excluding hydrogens is 493 g/mol. The summed E-state index contributed by atoms with van der Waals surface area (Å²) >= 11 is 6.08. The number of carbonyl (C=O) groups excluding carboxylic acids is 1. The lowest BCUT2D eigenvalue weighted by Crippen LogP contribution is -2.30. The standard InChI is InChI=1S/C15H10Br2F5N3O/c16-9-5-11(24-14(26)15(20,21)22)13(17)25-12(9)10(23)3-6-1-7(18)4-8(19)2-6/h1-2,4-5,10H,3,23H2,(H,24,26). The summed E-state index contributed by atoms with van der Waals surface area (Å²) in [4.78, 5) is 15.0. The van der Waals surface area contributed by atoms with Gasteiger partial charge < -0.3 is 11.1 Å². The second-order valence-electron chi connectivity index (χ2n) is 5.23. The zero-order valence-corrected chi connectivity index (χ0v) is 15.8. The fourth-order valence-corrected chi connectivity index (χ4v) is 3.12. The summed E-state index contributed by atoms with van der Waals surface area (Å²) in [5.41, 5.74) is 6.29. The number of carbonyl (C=O) groups is 1. The smallest absolute Gasteiger partial charge is 0.322 e. The first-order valence-corrected chi connectivity index (χ1v) is 8.50. The molecule has 4 nitrogen and oxygen atoms in total. The third kappa shape index (κ3) is 5.21. The molecule has 11 heteroatoms. The Labute approximate surface area is 161 Å². The van der Waals surface area contributed by atoms with Gasteiger partial charge in [-0.15, -0.1) is 0 Å². The van der Waals surface area contributed by atoms with Crippen molar-refractivity contribution in [2.45, 2.75) is 18.6 Å². The molecule has 1 heterocycles. The molecule has 0 radical (unpaired) electrons. The van der Waals surface area contributed by atoms with E-state index >= 15 is 0 Å². The van der Waals surface area contributed by atoms with Crippen molar-refractivity contribution in [2.24, 2.45) is 5.73 Å². The first-order chi connectivity index (χ1) is 12.0. The van der Waals surface area contributed by atoms with Crippen molar-refractivity contribution in [3.05, 3.63) is 56.2 Å². The Morgan fingerprint density at radius 1 is 1.15 bits per heavy atom. The molecule has 1 aromatic carbocycles. The van der Waals surface area contributed by atoms with Crippen LogP contribution in [0.4, 0.5) is 27.6 Å². The Hall–Kier alpha value is -1.59. The van der Waals surface area contributed by atoms with Crippen LogP contribution in [0.25, 0.3) is 0 Å². The highest BCUT2D eigenvalue weighted by Crippen LogP contribution is 2.31. The van der Waals surface area contributed by atoms with E-state index in [1.165, 1.54) is 6.07 Å². The number of nitrogens with one attached hydrogen (secondary N) is 1. The Bertz CT molecular complexity index is 825. The average Bonchev–Trinajstić information content (AvgIpc) is 2.48. The van der Waals surface area contributed by atoms with Gasteiger partial charge in [0.25, 0.3) is 0 Å². The van der Waals surface area contributed by atoms with Crippen LogP contribution in [0.5, 0.6) is 0 Å². The van der Waals surface area contributed by atoms with Crippen LogP contribution in [-0.4, -0.2) is 17.1 Å². The number of amides is 1. The fraction of sp³-hybridized carbons (Fsp3) is 0.200. The highest BCUT2D eigenvalue weighted by Gasteiger charge is 2.39. The minimum atomic E-state index is -5.05. The number of benzene rings is 1. The van der Waals surface area contributed by atoms with E-state index in [4.69, 9.17) is 5.73 Å². The van der Waals surface area contributed by atoms with E-state index < -0.39 is 29.8 Å². The molecule has 0 aliphatic heterocycles. The number of hydrogen-bond donors (Lipinski definition) is 2. The minimum Gasteiger partial charge on any atom is -0.322 e. The minimum absolute atomic E-state index is 0.0287. The number of alkyl halides is 3. The van der Waals surface area contributed by atoms with Crippen molar-refractivity contribution in [3.8, 4) is 0 Å². The van der Waals surface area contributed by atoms with Crippen molar-refractivity contribution >= 4 is 43.5 Å². The second kappa shape index (κ2) is 7.97. The number of nitrogens with zero attached hydrogens (tertiary/aromatic N) is 1. The molecule has 140 valence electrons. The van der Waals surface area contributed by atoms with Gasteiger partial charge in [-0.2, -0.15) is 13.2 Å². The van der Waals surface area contributed by atoms with E-state index in [1.54, 1.807) is 5.32 Å². The molecule has 1 amide bonds. The van der Waals surface area contributed by atoms with Gasteiger partial charge in [0.1, 0.15) is 16.2 Å². The lowest BCUT2D eigenvalue weighted by Gasteiger charge is -2.16. The first kappa shape index (κ1) is 20.7. The van der Waals surface area contributed by atoms with Gasteiger partial charge in [-0.3, -0.25) is 4.79 Å². The highest BCUT2D eigenvalue weighted by atomic mass is 79.9. The molecule has 1 aromatic heterocycles. The average molecular weight is 503 g/mol.